The van der Waals surface area contributed by atoms with Crippen LogP contribution in [0.1, 0.15) is 17.6 Å². The lowest BCUT2D eigenvalue weighted by Gasteiger charge is -2.11. The predicted octanol–water partition coefficient (Wildman–Crippen LogP) is 3.64. The zero-order chi connectivity index (χ0) is 17.8. The molecule has 0 saturated carbocycles. The molecule has 0 aliphatic rings. The van der Waals surface area contributed by atoms with E-state index < -0.39 is 0 Å². The summed E-state index contributed by atoms with van der Waals surface area (Å²) in [6.07, 6.45) is 2.23. The Kier molecular flexibility index (Phi) is 5.72. The number of aromatic nitrogens is 4. The van der Waals surface area contributed by atoms with Crippen LogP contribution >= 0.6 is 34.7 Å². The molecule has 130 valence electrons. The van der Waals surface area contributed by atoms with E-state index in [2.05, 4.69) is 26.6 Å². The molecule has 0 spiro atoms. The smallest absolute Gasteiger partial charge is 0.238 e. The van der Waals surface area contributed by atoms with Crippen LogP contribution in [0.25, 0.3) is 0 Å². The van der Waals surface area contributed by atoms with Crippen LogP contribution < -0.4 is 5.32 Å². The molecule has 0 fully saturated rings. The van der Waals surface area contributed by atoms with E-state index in [1.165, 1.54) is 22.8 Å². The number of halogens is 1. The molecule has 9 heteroatoms. The molecule has 6 nitrogen and oxygen atoms in total. The Labute approximate surface area is 158 Å². The van der Waals surface area contributed by atoms with Crippen molar-refractivity contribution in [1.29, 1.82) is 0 Å². The van der Waals surface area contributed by atoms with Crippen LogP contribution in [0.2, 0.25) is 5.02 Å². The molecule has 3 heterocycles. The summed E-state index contributed by atoms with van der Waals surface area (Å²) < 4.78 is 1.93. The van der Waals surface area contributed by atoms with Crippen LogP contribution in [-0.4, -0.2) is 30.9 Å². The van der Waals surface area contributed by atoms with Gasteiger partial charge in [-0.1, -0.05) is 29.4 Å². The number of hydrogen-bond donors (Lipinski definition) is 1. The molecule has 1 N–H and O–H groups in total. The molecule has 1 unspecified atom stereocenters. The summed E-state index contributed by atoms with van der Waals surface area (Å²) in [5, 5.41) is 14.1. The second-order valence-electron chi connectivity index (χ2n) is 5.32. The van der Waals surface area contributed by atoms with E-state index in [0.29, 0.717) is 16.0 Å². The molecule has 0 saturated heterocycles. The summed E-state index contributed by atoms with van der Waals surface area (Å²) in [6, 6.07) is 7.44. The normalized spacial score (nSPS) is 12.1. The molecule has 3 aromatic rings. The topological polar surface area (TPSA) is 72.7 Å². The number of rotatable bonds is 6. The minimum atomic E-state index is -0.338. The molecule has 0 radical (unpaired) electrons. The minimum Gasteiger partial charge on any atom is -0.310 e. The third-order valence-corrected chi connectivity index (χ3v) is 5.70. The van der Waals surface area contributed by atoms with Crippen molar-refractivity contribution in [1.82, 2.24) is 19.7 Å². The van der Waals surface area contributed by atoms with Crippen molar-refractivity contribution in [2.75, 3.05) is 5.32 Å². The first kappa shape index (κ1) is 17.9. The second kappa shape index (κ2) is 7.99. The van der Waals surface area contributed by atoms with Gasteiger partial charge in [0.25, 0.3) is 0 Å². The fraction of sp³-hybridized carbons (Fsp3) is 0.250. The molecule has 0 aliphatic carbocycles. The van der Waals surface area contributed by atoms with Gasteiger partial charge in [-0.05, 0) is 30.5 Å². The summed E-state index contributed by atoms with van der Waals surface area (Å²) in [7, 11) is 1.91. The minimum absolute atomic E-state index is 0.150. The van der Waals surface area contributed by atoms with Crippen molar-refractivity contribution in [3.8, 4) is 0 Å². The Morgan fingerprint density at radius 1 is 1.40 bits per heavy atom. The van der Waals surface area contributed by atoms with Crippen molar-refractivity contribution in [3.63, 3.8) is 0 Å². The number of nitrogens with one attached hydrogen (secondary N) is 1. The summed E-state index contributed by atoms with van der Waals surface area (Å²) in [5.74, 6) is 1.19. The molecule has 0 aromatic carbocycles. The monoisotopic (exact) mass is 393 g/mol. The molecule has 0 bridgehead atoms. The number of hydrogen-bond acceptors (Lipinski definition) is 6. The van der Waals surface area contributed by atoms with E-state index in [4.69, 9.17) is 11.6 Å². The van der Waals surface area contributed by atoms with Crippen LogP contribution in [0.4, 0.5) is 5.82 Å². The summed E-state index contributed by atoms with van der Waals surface area (Å²) in [4.78, 5) is 17.6. The number of thiophene rings is 1. The maximum absolute atomic E-state index is 12.3. The van der Waals surface area contributed by atoms with E-state index in [-0.39, 0.29) is 11.2 Å². The largest absolute Gasteiger partial charge is 0.310 e. The van der Waals surface area contributed by atoms with Crippen LogP contribution in [0.15, 0.2) is 41.0 Å². The van der Waals surface area contributed by atoms with Crippen molar-refractivity contribution in [2.24, 2.45) is 7.05 Å². The van der Waals surface area contributed by atoms with Gasteiger partial charge in [0, 0.05) is 24.5 Å². The molecule has 1 amide bonds. The Morgan fingerprint density at radius 2 is 2.24 bits per heavy atom. The molecular formula is C16H16ClN5OS2. The van der Waals surface area contributed by atoms with Crippen LogP contribution in [-0.2, 0) is 18.3 Å². The lowest BCUT2D eigenvalue weighted by Crippen LogP contribution is -2.23. The van der Waals surface area contributed by atoms with Gasteiger partial charge in [-0.2, -0.15) is 0 Å². The second-order valence-corrected chi connectivity index (χ2v) is 8.10. The highest BCUT2D eigenvalue weighted by Gasteiger charge is 2.19. The molecule has 3 rings (SSSR count). The van der Waals surface area contributed by atoms with Crippen molar-refractivity contribution in [3.05, 3.63) is 51.6 Å². The van der Waals surface area contributed by atoms with E-state index in [9.17, 15) is 4.79 Å². The van der Waals surface area contributed by atoms with Gasteiger partial charge in [-0.25, -0.2) is 4.98 Å². The van der Waals surface area contributed by atoms with E-state index >= 15 is 0 Å². The predicted molar refractivity (Wildman–Crippen MR) is 101 cm³/mol. The number of anilines is 1. The van der Waals surface area contributed by atoms with Crippen molar-refractivity contribution in [2.45, 2.75) is 23.8 Å². The van der Waals surface area contributed by atoms with Gasteiger partial charge in [0.15, 0.2) is 5.16 Å². The van der Waals surface area contributed by atoms with Gasteiger partial charge >= 0.3 is 0 Å². The molecule has 3 aromatic heterocycles. The van der Waals surface area contributed by atoms with Crippen LogP contribution in [0.5, 0.6) is 0 Å². The third kappa shape index (κ3) is 4.59. The third-order valence-electron chi connectivity index (χ3n) is 3.47. The lowest BCUT2D eigenvalue weighted by atomic mass is 10.3. The number of pyridine rings is 1. The maximum atomic E-state index is 12.3. The number of carbonyl (C=O) groups excluding carboxylic acids is 1. The lowest BCUT2D eigenvalue weighted by molar-refractivity contribution is -0.115. The molecule has 0 aliphatic heterocycles. The maximum Gasteiger partial charge on any atom is 0.238 e. The Balaban J connectivity index is 1.62. The van der Waals surface area contributed by atoms with Gasteiger partial charge in [-0.3, -0.25) is 4.79 Å². The Morgan fingerprint density at radius 3 is 2.92 bits per heavy atom. The SMILES string of the molecule is CC(Sc1nnc(Cc2cccs2)n1C)C(=O)Nc1ccc(Cl)cn1. The summed E-state index contributed by atoms with van der Waals surface area (Å²) >= 11 is 8.84. The van der Waals surface area contributed by atoms with E-state index in [1.807, 2.05) is 30.0 Å². The standard InChI is InChI=1S/C16H16ClN5OS2/c1-10(15(23)19-13-6-5-11(17)9-18-13)25-16-21-20-14(22(16)2)8-12-4-3-7-24-12/h3-7,9-10H,8H2,1-2H3,(H,18,19,23). The highest BCUT2D eigenvalue weighted by Crippen LogP contribution is 2.24. The fourth-order valence-electron chi connectivity index (χ4n) is 2.06. The zero-order valence-corrected chi connectivity index (χ0v) is 16.0. The average molecular weight is 394 g/mol. The van der Waals surface area contributed by atoms with E-state index in [0.717, 1.165) is 12.2 Å². The quantitative estimate of drug-likeness (QED) is 0.647. The van der Waals surface area contributed by atoms with Gasteiger partial charge in [-0.15, -0.1) is 21.5 Å². The number of nitrogens with zero attached hydrogens (tertiary/aromatic N) is 4. The highest BCUT2D eigenvalue weighted by atomic mass is 35.5. The van der Waals surface area contributed by atoms with Gasteiger partial charge in [0.2, 0.25) is 5.91 Å². The van der Waals surface area contributed by atoms with Crippen molar-refractivity contribution < 1.29 is 4.79 Å². The molecule has 25 heavy (non-hydrogen) atoms. The number of thioether (sulfide) groups is 1. The summed E-state index contributed by atoms with van der Waals surface area (Å²) in [5.41, 5.74) is 0. The van der Waals surface area contributed by atoms with Crippen LogP contribution in [0.3, 0.4) is 0 Å². The summed E-state index contributed by atoms with van der Waals surface area (Å²) in [6.45, 7) is 1.82. The Bertz CT molecular complexity index is 848. The van der Waals surface area contributed by atoms with Crippen LogP contribution in [0, 0.1) is 0 Å². The molecular weight excluding hydrogens is 378 g/mol. The fourth-order valence-corrected chi connectivity index (χ4v) is 3.71. The first-order valence-corrected chi connectivity index (χ1v) is 9.66. The number of carbonyl (C=O) groups is 1. The first-order chi connectivity index (χ1) is 12.0. The van der Waals surface area contributed by atoms with Gasteiger partial charge in [0.05, 0.1) is 10.3 Å². The first-order valence-electron chi connectivity index (χ1n) is 7.52. The van der Waals surface area contributed by atoms with E-state index in [1.54, 1.807) is 23.5 Å². The number of amides is 1. The molecule has 1 atom stereocenters. The highest BCUT2D eigenvalue weighted by molar-refractivity contribution is 8.00. The van der Waals surface area contributed by atoms with Gasteiger partial charge < -0.3 is 9.88 Å². The van der Waals surface area contributed by atoms with Crippen molar-refractivity contribution >= 4 is 46.4 Å². The average Bonchev–Trinajstić information content (AvgIpc) is 3.22. The zero-order valence-electron chi connectivity index (χ0n) is 13.6. The Hall–Kier alpha value is -1.90. The van der Waals surface area contributed by atoms with Gasteiger partial charge in [0.1, 0.15) is 11.6 Å².